The fraction of sp³-hybridized carbons (Fsp3) is 0.222. The lowest BCUT2D eigenvalue weighted by Gasteiger charge is -2.04. The molecule has 1 aromatic rings. The number of hydrogen-bond acceptors (Lipinski definition) is 5. The Labute approximate surface area is 90.5 Å². The molecule has 0 bridgehead atoms. The van der Waals surface area contributed by atoms with Gasteiger partial charge in [-0.1, -0.05) is 23.9 Å². The summed E-state index contributed by atoms with van der Waals surface area (Å²) < 4.78 is 0. The number of thioether (sulfide) groups is 1. The van der Waals surface area contributed by atoms with E-state index in [0.717, 1.165) is 11.3 Å². The molecule has 1 atom stereocenters. The molecule has 1 aromatic carbocycles. The summed E-state index contributed by atoms with van der Waals surface area (Å²) in [6.07, 6.45) is 0. The summed E-state index contributed by atoms with van der Waals surface area (Å²) in [6.45, 7) is 0. The Kier molecular flexibility index (Phi) is 2.59. The number of nitro groups is 1. The van der Waals surface area contributed by atoms with Crippen LogP contribution in [0.4, 0.5) is 5.69 Å². The van der Waals surface area contributed by atoms with Crippen LogP contribution in [0, 0.1) is 10.1 Å². The Hall–Kier alpha value is -1.56. The van der Waals surface area contributed by atoms with E-state index in [-0.39, 0.29) is 11.7 Å². The maximum absolute atomic E-state index is 10.4. The summed E-state index contributed by atoms with van der Waals surface area (Å²) >= 11 is 1.50. The molecule has 0 fully saturated rings. The van der Waals surface area contributed by atoms with Crippen molar-refractivity contribution < 1.29 is 4.92 Å². The highest BCUT2D eigenvalue weighted by Gasteiger charge is 2.18. The third-order valence-corrected chi connectivity index (χ3v) is 3.04. The second-order valence-corrected chi connectivity index (χ2v) is 4.18. The van der Waals surface area contributed by atoms with Crippen LogP contribution in [0.1, 0.15) is 11.6 Å². The summed E-state index contributed by atoms with van der Waals surface area (Å²) in [5.74, 6) is 0.809. The molecule has 15 heavy (non-hydrogen) atoms. The van der Waals surface area contributed by atoms with E-state index in [2.05, 4.69) is 4.99 Å². The van der Waals surface area contributed by atoms with Gasteiger partial charge < -0.3 is 5.73 Å². The molecule has 0 aliphatic carbocycles. The van der Waals surface area contributed by atoms with Gasteiger partial charge in [0.25, 0.3) is 5.69 Å². The van der Waals surface area contributed by atoms with Gasteiger partial charge in [-0.2, -0.15) is 0 Å². The van der Waals surface area contributed by atoms with E-state index in [1.165, 1.54) is 23.9 Å². The predicted octanol–water partition coefficient (Wildman–Crippen LogP) is 1.70. The van der Waals surface area contributed by atoms with Crippen molar-refractivity contribution in [1.29, 1.82) is 0 Å². The Morgan fingerprint density at radius 2 is 2.13 bits per heavy atom. The molecule has 0 aromatic heterocycles. The quantitative estimate of drug-likeness (QED) is 0.611. The zero-order valence-electron chi connectivity index (χ0n) is 7.79. The van der Waals surface area contributed by atoms with Crippen LogP contribution >= 0.6 is 11.8 Å². The van der Waals surface area contributed by atoms with Crippen LogP contribution < -0.4 is 5.73 Å². The highest BCUT2D eigenvalue weighted by atomic mass is 32.2. The van der Waals surface area contributed by atoms with Crippen LogP contribution in [0.15, 0.2) is 29.3 Å². The molecule has 2 N–H and O–H groups in total. The van der Waals surface area contributed by atoms with E-state index < -0.39 is 4.92 Å². The van der Waals surface area contributed by atoms with Crippen molar-refractivity contribution in [2.45, 2.75) is 6.04 Å². The molecule has 0 saturated carbocycles. The van der Waals surface area contributed by atoms with Gasteiger partial charge in [0.05, 0.1) is 11.0 Å². The Morgan fingerprint density at radius 3 is 2.60 bits per heavy atom. The van der Waals surface area contributed by atoms with Gasteiger partial charge in [0, 0.05) is 17.9 Å². The van der Waals surface area contributed by atoms with E-state index in [9.17, 15) is 10.1 Å². The normalized spacial score (nSPS) is 20.0. The first-order valence-corrected chi connectivity index (χ1v) is 5.36. The van der Waals surface area contributed by atoms with Gasteiger partial charge in [0.1, 0.15) is 0 Å². The first-order chi connectivity index (χ1) is 7.16. The number of nitrogens with zero attached hydrogens (tertiary/aromatic N) is 2. The van der Waals surface area contributed by atoms with Crippen molar-refractivity contribution in [3.63, 3.8) is 0 Å². The van der Waals surface area contributed by atoms with Crippen molar-refractivity contribution >= 4 is 22.6 Å². The lowest BCUT2D eigenvalue weighted by Crippen LogP contribution is -2.01. The van der Waals surface area contributed by atoms with Gasteiger partial charge in [-0.3, -0.25) is 15.1 Å². The minimum Gasteiger partial charge on any atom is -0.379 e. The minimum atomic E-state index is -0.412. The average Bonchev–Trinajstić information content (AvgIpc) is 2.65. The van der Waals surface area contributed by atoms with E-state index in [4.69, 9.17) is 5.73 Å². The van der Waals surface area contributed by atoms with Gasteiger partial charge in [-0.25, -0.2) is 0 Å². The van der Waals surface area contributed by atoms with E-state index >= 15 is 0 Å². The summed E-state index contributed by atoms with van der Waals surface area (Å²) in [6, 6.07) is 6.47. The summed E-state index contributed by atoms with van der Waals surface area (Å²) in [5.41, 5.74) is 6.61. The number of rotatable bonds is 2. The summed E-state index contributed by atoms with van der Waals surface area (Å²) in [4.78, 5) is 14.2. The standard InChI is InChI=1S/C9H9N3O2S/c10-9-11-8(5-15-9)6-1-3-7(4-2-6)12(13)14/h1-4,8H,5H2,(H2,10,11). The van der Waals surface area contributed by atoms with Crippen LogP contribution in [-0.4, -0.2) is 15.8 Å². The van der Waals surface area contributed by atoms with Gasteiger partial charge in [0.2, 0.25) is 0 Å². The van der Waals surface area contributed by atoms with E-state index in [1.54, 1.807) is 12.1 Å². The first kappa shape index (κ1) is 9.97. The zero-order chi connectivity index (χ0) is 10.8. The molecule has 78 valence electrons. The first-order valence-electron chi connectivity index (χ1n) is 4.37. The molecular weight excluding hydrogens is 214 g/mol. The number of nitrogens with two attached hydrogens (primary N) is 1. The Morgan fingerprint density at radius 1 is 1.47 bits per heavy atom. The Bertz CT molecular complexity index is 416. The lowest BCUT2D eigenvalue weighted by atomic mass is 10.1. The fourth-order valence-corrected chi connectivity index (χ4v) is 2.18. The highest BCUT2D eigenvalue weighted by Crippen LogP contribution is 2.29. The van der Waals surface area contributed by atoms with Crippen molar-refractivity contribution in [2.24, 2.45) is 10.7 Å². The smallest absolute Gasteiger partial charge is 0.269 e. The fourth-order valence-electron chi connectivity index (χ4n) is 1.38. The molecular formula is C9H9N3O2S. The van der Waals surface area contributed by atoms with Crippen LogP contribution in [0.2, 0.25) is 0 Å². The van der Waals surface area contributed by atoms with Crippen molar-refractivity contribution in [2.75, 3.05) is 5.75 Å². The average molecular weight is 223 g/mol. The van der Waals surface area contributed by atoms with Crippen LogP contribution in [0.25, 0.3) is 0 Å². The monoisotopic (exact) mass is 223 g/mol. The van der Waals surface area contributed by atoms with Crippen molar-refractivity contribution in [1.82, 2.24) is 0 Å². The Balaban J connectivity index is 2.21. The molecule has 0 amide bonds. The molecule has 6 heteroatoms. The van der Waals surface area contributed by atoms with Crippen LogP contribution in [0.5, 0.6) is 0 Å². The molecule has 0 spiro atoms. The topological polar surface area (TPSA) is 81.5 Å². The molecule has 1 unspecified atom stereocenters. The molecule has 0 saturated heterocycles. The number of amidine groups is 1. The van der Waals surface area contributed by atoms with Gasteiger partial charge in [-0.05, 0) is 5.56 Å². The van der Waals surface area contributed by atoms with Crippen LogP contribution in [-0.2, 0) is 0 Å². The maximum atomic E-state index is 10.4. The number of non-ortho nitro benzene ring substituents is 1. The number of nitro benzene ring substituents is 1. The minimum absolute atomic E-state index is 0.0378. The number of benzene rings is 1. The van der Waals surface area contributed by atoms with Gasteiger partial charge in [-0.15, -0.1) is 0 Å². The summed E-state index contributed by atoms with van der Waals surface area (Å²) in [5, 5.41) is 11.0. The van der Waals surface area contributed by atoms with E-state index in [1.807, 2.05) is 0 Å². The largest absolute Gasteiger partial charge is 0.379 e. The predicted molar refractivity (Wildman–Crippen MR) is 59.9 cm³/mol. The number of aliphatic imine (C=N–C) groups is 1. The zero-order valence-corrected chi connectivity index (χ0v) is 8.61. The van der Waals surface area contributed by atoms with Crippen LogP contribution in [0.3, 0.4) is 0 Å². The van der Waals surface area contributed by atoms with Crippen molar-refractivity contribution in [3.05, 3.63) is 39.9 Å². The van der Waals surface area contributed by atoms with E-state index in [0.29, 0.717) is 5.17 Å². The van der Waals surface area contributed by atoms with Crippen molar-refractivity contribution in [3.8, 4) is 0 Å². The molecule has 1 aliphatic rings. The molecule has 2 rings (SSSR count). The van der Waals surface area contributed by atoms with Gasteiger partial charge in [0.15, 0.2) is 5.17 Å². The molecule has 5 nitrogen and oxygen atoms in total. The molecule has 1 aliphatic heterocycles. The second-order valence-electron chi connectivity index (χ2n) is 3.14. The maximum Gasteiger partial charge on any atom is 0.269 e. The SMILES string of the molecule is NC1=NC(c2ccc([N+](=O)[O-])cc2)CS1. The summed E-state index contributed by atoms with van der Waals surface area (Å²) in [7, 11) is 0. The second kappa shape index (κ2) is 3.90. The molecule has 0 radical (unpaired) electrons. The highest BCUT2D eigenvalue weighted by molar-refractivity contribution is 8.14. The van der Waals surface area contributed by atoms with Gasteiger partial charge >= 0.3 is 0 Å². The molecule has 1 heterocycles. The lowest BCUT2D eigenvalue weighted by molar-refractivity contribution is -0.384. The third-order valence-electron chi connectivity index (χ3n) is 2.16. The number of hydrogen-bond donors (Lipinski definition) is 1. The third kappa shape index (κ3) is 2.10.